The zero-order valence-corrected chi connectivity index (χ0v) is 14.6. The number of carbonyl (C=O) groups is 1. The molecule has 8 heteroatoms. The van der Waals surface area contributed by atoms with Gasteiger partial charge in [-0.05, 0) is 43.6 Å². The molecule has 0 spiro atoms. The van der Waals surface area contributed by atoms with Crippen LogP contribution < -0.4 is 5.32 Å². The number of anilines is 1. The maximum atomic E-state index is 13.5. The molecule has 0 radical (unpaired) electrons. The van der Waals surface area contributed by atoms with Crippen LogP contribution in [0.2, 0.25) is 0 Å². The summed E-state index contributed by atoms with van der Waals surface area (Å²) in [5.74, 6) is -0.472. The van der Waals surface area contributed by atoms with Crippen LogP contribution in [0.4, 0.5) is 18.9 Å². The highest BCUT2D eigenvalue weighted by Crippen LogP contribution is 2.36. The molecule has 5 nitrogen and oxygen atoms in total. The molecule has 1 atom stereocenters. The van der Waals surface area contributed by atoms with Gasteiger partial charge in [-0.1, -0.05) is 13.0 Å². The van der Waals surface area contributed by atoms with Crippen molar-refractivity contribution in [2.45, 2.75) is 32.0 Å². The first-order valence-electron chi connectivity index (χ1n) is 8.77. The van der Waals surface area contributed by atoms with E-state index in [0.717, 1.165) is 32.0 Å². The van der Waals surface area contributed by atoms with E-state index in [1.807, 2.05) is 0 Å². The average molecular weight is 369 g/mol. The fourth-order valence-corrected chi connectivity index (χ4v) is 3.46. The highest BCUT2D eigenvalue weighted by molar-refractivity contribution is 6.04. The molecule has 2 heterocycles. The molecule has 1 saturated heterocycles. The van der Waals surface area contributed by atoms with Gasteiger partial charge in [0.05, 0.1) is 11.3 Å². The van der Waals surface area contributed by atoms with Crippen LogP contribution in [0.5, 0.6) is 0 Å². The summed E-state index contributed by atoms with van der Waals surface area (Å²) in [7, 11) is 0. The lowest BCUT2D eigenvalue weighted by Crippen LogP contribution is -2.35. The van der Waals surface area contributed by atoms with Crippen molar-refractivity contribution in [3.05, 3.63) is 29.3 Å². The van der Waals surface area contributed by atoms with Gasteiger partial charge in [-0.3, -0.25) is 14.7 Å². The molecule has 0 amide bonds. The third-order valence-electron chi connectivity index (χ3n) is 4.86. The lowest BCUT2D eigenvalue weighted by molar-refractivity contribution is -0.141. The molecule has 0 aromatic heterocycles. The summed E-state index contributed by atoms with van der Waals surface area (Å²) >= 11 is 0. The summed E-state index contributed by atoms with van der Waals surface area (Å²) in [5, 5.41) is 2.98. The summed E-state index contributed by atoms with van der Waals surface area (Å²) in [4.78, 5) is 17.3. The van der Waals surface area contributed by atoms with Crippen LogP contribution in [-0.2, 0) is 15.7 Å². The molecule has 1 fully saturated rings. The number of halogens is 3. The third-order valence-corrected chi connectivity index (χ3v) is 4.86. The minimum atomic E-state index is -4.48. The lowest BCUT2D eigenvalue weighted by atomic mass is 10.0. The molecule has 2 aliphatic rings. The standard InChI is InChI=1S/C18H22F3N3O2/c1-2-24-7-3-4-13(24)9-22-15-6-5-12(8-14(15)18(19,20)21)16-11-26-17(25)10-23-16/h5-6,8,13,22H,2-4,7,9-11H2,1H3. The number of esters is 1. The lowest BCUT2D eigenvalue weighted by Gasteiger charge is -2.24. The molecule has 0 aliphatic carbocycles. The number of rotatable bonds is 5. The van der Waals surface area contributed by atoms with Gasteiger partial charge in [0.15, 0.2) is 0 Å². The first kappa shape index (κ1) is 18.7. The average Bonchev–Trinajstić information content (AvgIpc) is 3.07. The Morgan fingerprint density at radius 1 is 1.38 bits per heavy atom. The second-order valence-corrected chi connectivity index (χ2v) is 6.49. The molecule has 142 valence electrons. The summed E-state index contributed by atoms with van der Waals surface area (Å²) in [6, 6.07) is 4.35. The molecule has 0 bridgehead atoms. The third kappa shape index (κ3) is 4.17. The molecule has 1 aromatic carbocycles. The van der Waals surface area contributed by atoms with E-state index in [4.69, 9.17) is 4.74 Å². The monoisotopic (exact) mass is 369 g/mol. The maximum absolute atomic E-state index is 13.5. The molecule has 3 rings (SSSR count). The van der Waals surface area contributed by atoms with Crippen molar-refractivity contribution in [2.24, 2.45) is 4.99 Å². The van der Waals surface area contributed by atoms with Crippen LogP contribution in [0.25, 0.3) is 0 Å². The van der Waals surface area contributed by atoms with Crippen LogP contribution in [0.3, 0.4) is 0 Å². The number of hydrogen-bond donors (Lipinski definition) is 1. The Morgan fingerprint density at radius 3 is 2.85 bits per heavy atom. The number of hydrogen-bond acceptors (Lipinski definition) is 5. The normalized spacial score (nSPS) is 21.5. The smallest absolute Gasteiger partial charge is 0.418 e. The summed E-state index contributed by atoms with van der Waals surface area (Å²) in [6.45, 7) is 4.17. The van der Waals surface area contributed by atoms with E-state index >= 15 is 0 Å². The van der Waals surface area contributed by atoms with E-state index in [2.05, 4.69) is 22.1 Å². The summed E-state index contributed by atoms with van der Waals surface area (Å²) < 4.78 is 45.4. The van der Waals surface area contributed by atoms with E-state index in [-0.39, 0.29) is 24.9 Å². The topological polar surface area (TPSA) is 53.9 Å². The van der Waals surface area contributed by atoms with E-state index in [1.165, 1.54) is 6.07 Å². The largest absolute Gasteiger partial charge is 0.458 e. The van der Waals surface area contributed by atoms with Crippen molar-refractivity contribution < 1.29 is 22.7 Å². The Bertz CT molecular complexity index is 703. The van der Waals surface area contributed by atoms with Crippen molar-refractivity contribution in [1.29, 1.82) is 0 Å². The Kier molecular flexibility index (Phi) is 5.50. The van der Waals surface area contributed by atoms with Crippen molar-refractivity contribution in [2.75, 3.05) is 38.1 Å². The molecular weight excluding hydrogens is 347 g/mol. The number of aliphatic imine (C=N–C) groups is 1. The number of likely N-dealkylation sites (tertiary alicyclic amines) is 1. The van der Waals surface area contributed by atoms with Crippen molar-refractivity contribution >= 4 is 17.4 Å². The molecule has 26 heavy (non-hydrogen) atoms. The zero-order chi connectivity index (χ0) is 18.7. The Morgan fingerprint density at radius 2 is 2.19 bits per heavy atom. The highest BCUT2D eigenvalue weighted by atomic mass is 19.4. The fraction of sp³-hybridized carbons (Fsp3) is 0.556. The fourth-order valence-electron chi connectivity index (χ4n) is 3.46. The number of likely N-dealkylation sites (N-methyl/N-ethyl adjacent to an activating group) is 1. The van der Waals surface area contributed by atoms with Crippen LogP contribution in [0.1, 0.15) is 30.9 Å². The Labute approximate surface area is 150 Å². The number of cyclic esters (lactones) is 1. The minimum absolute atomic E-state index is 0.0672. The van der Waals surface area contributed by atoms with Crippen molar-refractivity contribution in [1.82, 2.24) is 4.90 Å². The number of ether oxygens (including phenoxy) is 1. The van der Waals surface area contributed by atoms with Gasteiger partial charge in [0.25, 0.3) is 0 Å². The second kappa shape index (κ2) is 7.65. The molecule has 1 aromatic rings. The van der Waals surface area contributed by atoms with Crippen LogP contribution in [-0.4, -0.2) is 55.4 Å². The Balaban J connectivity index is 1.80. The molecule has 1 N–H and O–H groups in total. The number of alkyl halides is 3. The van der Waals surface area contributed by atoms with Crippen LogP contribution >= 0.6 is 0 Å². The number of nitrogens with one attached hydrogen (secondary N) is 1. The van der Waals surface area contributed by atoms with Gasteiger partial charge in [0, 0.05) is 18.3 Å². The van der Waals surface area contributed by atoms with Crippen LogP contribution in [0.15, 0.2) is 23.2 Å². The van der Waals surface area contributed by atoms with E-state index in [0.29, 0.717) is 17.8 Å². The first-order chi connectivity index (χ1) is 12.4. The van der Waals surface area contributed by atoms with Gasteiger partial charge in [-0.15, -0.1) is 0 Å². The molecule has 1 unspecified atom stereocenters. The molecule has 2 aliphatic heterocycles. The molecule has 0 saturated carbocycles. The predicted molar refractivity (Wildman–Crippen MR) is 92.6 cm³/mol. The quantitative estimate of drug-likeness (QED) is 0.811. The summed E-state index contributed by atoms with van der Waals surface area (Å²) in [5.41, 5.74) is 0.0225. The zero-order valence-electron chi connectivity index (χ0n) is 14.6. The van der Waals surface area contributed by atoms with E-state index in [9.17, 15) is 18.0 Å². The van der Waals surface area contributed by atoms with Gasteiger partial charge in [0.2, 0.25) is 0 Å². The second-order valence-electron chi connectivity index (χ2n) is 6.49. The van der Waals surface area contributed by atoms with Gasteiger partial charge in [-0.2, -0.15) is 13.2 Å². The van der Waals surface area contributed by atoms with Crippen molar-refractivity contribution in [3.8, 4) is 0 Å². The van der Waals surface area contributed by atoms with Crippen LogP contribution in [0, 0.1) is 0 Å². The van der Waals surface area contributed by atoms with E-state index < -0.39 is 17.7 Å². The SMILES string of the molecule is CCN1CCCC1CNc1ccc(C2=NCC(=O)OC2)cc1C(F)(F)F. The number of benzene rings is 1. The number of nitrogens with zero attached hydrogens (tertiary/aromatic N) is 2. The van der Waals surface area contributed by atoms with Gasteiger partial charge in [0.1, 0.15) is 13.2 Å². The first-order valence-corrected chi connectivity index (χ1v) is 8.77. The van der Waals surface area contributed by atoms with Gasteiger partial charge >= 0.3 is 12.1 Å². The number of carbonyl (C=O) groups excluding carboxylic acids is 1. The predicted octanol–water partition coefficient (Wildman–Crippen LogP) is 2.95. The van der Waals surface area contributed by atoms with E-state index in [1.54, 1.807) is 6.07 Å². The highest BCUT2D eigenvalue weighted by Gasteiger charge is 2.35. The van der Waals surface area contributed by atoms with Crippen molar-refractivity contribution in [3.63, 3.8) is 0 Å². The summed E-state index contributed by atoms with van der Waals surface area (Å²) in [6.07, 6.45) is -2.42. The minimum Gasteiger partial charge on any atom is -0.458 e. The van der Waals surface area contributed by atoms with Gasteiger partial charge < -0.3 is 10.1 Å². The maximum Gasteiger partial charge on any atom is 0.418 e. The molecular formula is C18H22F3N3O2. The Hall–Kier alpha value is -2.09. The van der Waals surface area contributed by atoms with Gasteiger partial charge in [-0.25, -0.2) is 0 Å².